The first kappa shape index (κ1) is 13.9. The van der Waals surface area contributed by atoms with Crippen molar-refractivity contribution in [3.63, 3.8) is 0 Å². The number of likely N-dealkylation sites (tertiary alicyclic amines) is 1. The van der Waals surface area contributed by atoms with Gasteiger partial charge in [0.05, 0.1) is 5.60 Å². The molecule has 1 aliphatic heterocycles. The van der Waals surface area contributed by atoms with Crippen molar-refractivity contribution in [3.05, 3.63) is 0 Å². The van der Waals surface area contributed by atoms with Gasteiger partial charge in [-0.15, -0.1) is 0 Å². The predicted octanol–water partition coefficient (Wildman–Crippen LogP) is 1.45. The molecule has 0 amide bonds. The number of nitrogens with zero attached hydrogens (tertiary/aromatic N) is 1. The fraction of sp³-hybridized carbons (Fsp3) is 1.00. The van der Waals surface area contributed by atoms with E-state index in [4.69, 9.17) is 5.73 Å². The van der Waals surface area contributed by atoms with Crippen LogP contribution in [0.3, 0.4) is 0 Å². The monoisotopic (exact) mass is 228 g/mol. The van der Waals surface area contributed by atoms with Crippen molar-refractivity contribution in [1.82, 2.24) is 4.90 Å². The summed E-state index contributed by atoms with van der Waals surface area (Å²) in [5, 5.41) is 9.80. The molecule has 96 valence electrons. The molecule has 16 heavy (non-hydrogen) atoms. The van der Waals surface area contributed by atoms with Crippen molar-refractivity contribution >= 4 is 0 Å². The van der Waals surface area contributed by atoms with Gasteiger partial charge in [-0.1, -0.05) is 13.8 Å². The Labute approximate surface area is 100 Å². The van der Waals surface area contributed by atoms with Crippen molar-refractivity contribution in [2.45, 2.75) is 45.6 Å². The van der Waals surface area contributed by atoms with Crippen LogP contribution >= 0.6 is 0 Å². The van der Waals surface area contributed by atoms with E-state index in [1.807, 2.05) is 6.92 Å². The van der Waals surface area contributed by atoms with Gasteiger partial charge in [0.1, 0.15) is 0 Å². The van der Waals surface area contributed by atoms with Crippen LogP contribution in [0.2, 0.25) is 0 Å². The maximum atomic E-state index is 9.80. The summed E-state index contributed by atoms with van der Waals surface area (Å²) in [4.78, 5) is 2.53. The normalized spacial score (nSPS) is 31.3. The molecule has 3 heteroatoms. The molecule has 3 N–H and O–H groups in total. The Hall–Kier alpha value is -0.120. The average molecular weight is 228 g/mol. The summed E-state index contributed by atoms with van der Waals surface area (Å²) in [5.74, 6) is 1.67. The second kappa shape index (κ2) is 5.99. The second-order valence-corrected chi connectivity index (χ2v) is 5.85. The van der Waals surface area contributed by atoms with Gasteiger partial charge in [-0.2, -0.15) is 0 Å². The summed E-state index contributed by atoms with van der Waals surface area (Å²) in [6, 6.07) is 0. The first-order chi connectivity index (χ1) is 7.44. The Morgan fingerprint density at radius 2 is 2.06 bits per heavy atom. The zero-order chi connectivity index (χ0) is 12.2. The molecular weight excluding hydrogens is 200 g/mol. The van der Waals surface area contributed by atoms with E-state index >= 15 is 0 Å². The van der Waals surface area contributed by atoms with Crippen LogP contribution in [0.5, 0.6) is 0 Å². The van der Waals surface area contributed by atoms with Gasteiger partial charge >= 0.3 is 0 Å². The van der Waals surface area contributed by atoms with E-state index in [1.165, 1.54) is 19.5 Å². The fourth-order valence-electron chi connectivity index (χ4n) is 2.34. The Kier molecular flexibility index (Phi) is 5.22. The molecule has 0 saturated carbocycles. The van der Waals surface area contributed by atoms with Gasteiger partial charge < -0.3 is 15.7 Å². The summed E-state index contributed by atoms with van der Waals surface area (Å²) in [7, 11) is 0. The van der Waals surface area contributed by atoms with Gasteiger partial charge in [-0.05, 0) is 51.1 Å². The molecule has 1 aliphatic rings. The third-order valence-corrected chi connectivity index (χ3v) is 4.05. The van der Waals surface area contributed by atoms with Crippen LogP contribution in [0.4, 0.5) is 0 Å². The van der Waals surface area contributed by atoms with Gasteiger partial charge in [0, 0.05) is 13.1 Å². The molecule has 1 rings (SSSR count). The standard InChI is InChI=1S/C13H28N2O/c1-11-5-8-15(9-12(11)2)7-4-6-13(3,16)10-14/h11-12,16H,4-10,14H2,1-3H3. The first-order valence-electron chi connectivity index (χ1n) is 6.59. The first-order valence-corrected chi connectivity index (χ1v) is 6.59. The number of hydrogen-bond acceptors (Lipinski definition) is 3. The van der Waals surface area contributed by atoms with E-state index in [9.17, 15) is 5.11 Å². The number of nitrogens with two attached hydrogens (primary N) is 1. The zero-order valence-corrected chi connectivity index (χ0v) is 11.1. The van der Waals surface area contributed by atoms with Crippen LogP contribution < -0.4 is 5.73 Å². The maximum Gasteiger partial charge on any atom is 0.0741 e. The fourth-order valence-corrected chi connectivity index (χ4v) is 2.34. The Morgan fingerprint density at radius 3 is 2.62 bits per heavy atom. The van der Waals surface area contributed by atoms with Gasteiger partial charge in [-0.3, -0.25) is 0 Å². The lowest BCUT2D eigenvalue weighted by atomic mass is 9.88. The van der Waals surface area contributed by atoms with Crippen molar-refractivity contribution in [3.8, 4) is 0 Å². The molecule has 0 aliphatic carbocycles. The molecular formula is C13H28N2O. The van der Waals surface area contributed by atoms with Gasteiger partial charge in [-0.25, -0.2) is 0 Å². The summed E-state index contributed by atoms with van der Waals surface area (Å²) in [6.07, 6.45) is 3.17. The number of hydrogen-bond donors (Lipinski definition) is 2. The van der Waals surface area contributed by atoms with Crippen LogP contribution in [0, 0.1) is 11.8 Å². The Balaban J connectivity index is 2.19. The largest absolute Gasteiger partial charge is 0.389 e. The smallest absolute Gasteiger partial charge is 0.0741 e. The van der Waals surface area contributed by atoms with Gasteiger partial charge in [0.2, 0.25) is 0 Å². The molecule has 1 fully saturated rings. The predicted molar refractivity (Wildman–Crippen MR) is 68.3 cm³/mol. The lowest BCUT2D eigenvalue weighted by Crippen LogP contribution is -2.40. The number of aliphatic hydroxyl groups is 1. The maximum absolute atomic E-state index is 9.80. The highest BCUT2D eigenvalue weighted by atomic mass is 16.3. The Morgan fingerprint density at radius 1 is 1.38 bits per heavy atom. The summed E-state index contributed by atoms with van der Waals surface area (Å²) < 4.78 is 0. The molecule has 1 heterocycles. The van der Waals surface area contributed by atoms with Crippen LogP contribution in [0.15, 0.2) is 0 Å². The summed E-state index contributed by atoms with van der Waals surface area (Å²) >= 11 is 0. The Bertz CT molecular complexity index is 206. The minimum Gasteiger partial charge on any atom is -0.389 e. The van der Waals surface area contributed by atoms with E-state index in [0.29, 0.717) is 6.54 Å². The summed E-state index contributed by atoms with van der Waals surface area (Å²) in [6.45, 7) is 10.4. The molecule has 0 bridgehead atoms. The number of rotatable bonds is 5. The van der Waals surface area contributed by atoms with E-state index < -0.39 is 5.60 Å². The molecule has 3 atom stereocenters. The minimum atomic E-state index is -0.672. The highest BCUT2D eigenvalue weighted by molar-refractivity contribution is 4.77. The average Bonchev–Trinajstić information content (AvgIpc) is 2.23. The van der Waals surface area contributed by atoms with Crippen LogP contribution in [-0.4, -0.2) is 41.8 Å². The van der Waals surface area contributed by atoms with Crippen LogP contribution in [-0.2, 0) is 0 Å². The van der Waals surface area contributed by atoms with Crippen LogP contribution in [0.25, 0.3) is 0 Å². The topological polar surface area (TPSA) is 49.5 Å². The SMILES string of the molecule is CC1CCN(CCCC(C)(O)CN)CC1C. The van der Waals surface area contributed by atoms with Gasteiger partial charge in [0.15, 0.2) is 0 Å². The quantitative estimate of drug-likeness (QED) is 0.749. The third kappa shape index (κ3) is 4.40. The van der Waals surface area contributed by atoms with Crippen molar-refractivity contribution in [2.24, 2.45) is 17.6 Å². The third-order valence-electron chi connectivity index (χ3n) is 4.05. The van der Waals surface area contributed by atoms with Crippen molar-refractivity contribution in [1.29, 1.82) is 0 Å². The van der Waals surface area contributed by atoms with Gasteiger partial charge in [0.25, 0.3) is 0 Å². The zero-order valence-electron chi connectivity index (χ0n) is 11.1. The molecule has 0 radical (unpaired) electrons. The molecule has 3 nitrogen and oxygen atoms in total. The molecule has 0 aromatic heterocycles. The molecule has 0 aromatic carbocycles. The lowest BCUT2D eigenvalue weighted by Gasteiger charge is -2.35. The lowest BCUT2D eigenvalue weighted by molar-refractivity contribution is 0.0507. The van der Waals surface area contributed by atoms with E-state index in [2.05, 4.69) is 18.7 Å². The highest BCUT2D eigenvalue weighted by Gasteiger charge is 2.23. The molecule has 0 aromatic rings. The van der Waals surface area contributed by atoms with Crippen molar-refractivity contribution < 1.29 is 5.11 Å². The molecule has 3 unspecified atom stereocenters. The summed E-state index contributed by atoms with van der Waals surface area (Å²) in [5.41, 5.74) is 4.83. The minimum absolute atomic E-state index is 0.362. The van der Waals surface area contributed by atoms with E-state index in [0.717, 1.165) is 31.2 Å². The molecule has 1 saturated heterocycles. The number of piperidine rings is 1. The van der Waals surface area contributed by atoms with Crippen molar-refractivity contribution in [2.75, 3.05) is 26.2 Å². The van der Waals surface area contributed by atoms with E-state index in [-0.39, 0.29) is 0 Å². The second-order valence-electron chi connectivity index (χ2n) is 5.85. The molecule has 0 spiro atoms. The van der Waals surface area contributed by atoms with E-state index in [1.54, 1.807) is 0 Å². The highest BCUT2D eigenvalue weighted by Crippen LogP contribution is 2.23. The van der Waals surface area contributed by atoms with Crippen LogP contribution in [0.1, 0.15) is 40.0 Å².